The van der Waals surface area contributed by atoms with E-state index in [1.165, 1.54) is 12.7 Å². The maximum absolute atomic E-state index is 11.4. The summed E-state index contributed by atoms with van der Waals surface area (Å²) in [7, 11) is 1.40. The van der Waals surface area contributed by atoms with Gasteiger partial charge in [0, 0.05) is 27.6 Å². The zero-order valence-corrected chi connectivity index (χ0v) is 21.3. The van der Waals surface area contributed by atoms with Crippen LogP contribution in [0.2, 0.25) is 0 Å². The lowest BCUT2D eigenvalue weighted by Crippen LogP contribution is -2.41. The number of carbonyl (C=O) groups is 1. The molecule has 1 heterocycles. The van der Waals surface area contributed by atoms with E-state index >= 15 is 0 Å². The fourth-order valence-electron chi connectivity index (χ4n) is 4.04. The third-order valence-corrected chi connectivity index (χ3v) is 5.77. The Morgan fingerprint density at radius 3 is 2.26 bits per heavy atom. The zero-order chi connectivity index (χ0) is 23.2. The predicted octanol–water partition coefficient (Wildman–Crippen LogP) is 6.56. The third kappa shape index (κ3) is 6.37. The van der Waals surface area contributed by atoms with E-state index in [4.69, 9.17) is 9.47 Å². The quantitative estimate of drug-likeness (QED) is 0.281. The van der Waals surface area contributed by atoms with Crippen LogP contribution < -0.4 is 4.74 Å². The van der Waals surface area contributed by atoms with Crippen molar-refractivity contribution in [3.05, 3.63) is 64.2 Å². The van der Waals surface area contributed by atoms with E-state index in [-0.39, 0.29) is 23.4 Å². The number of hydrogen-bond acceptors (Lipinski definition) is 3. The normalized spacial score (nSPS) is 15.2. The maximum Gasteiger partial charge on any atom is 0.309 e. The molecular formula is C27H33BrO3. The third-order valence-electron chi connectivity index (χ3n) is 5.17. The number of carbonyl (C=O) groups excluding carboxylic acids is 1. The van der Waals surface area contributed by atoms with Crippen molar-refractivity contribution in [2.45, 2.75) is 70.7 Å². The van der Waals surface area contributed by atoms with E-state index in [9.17, 15) is 4.79 Å². The van der Waals surface area contributed by atoms with Gasteiger partial charge in [-0.15, -0.1) is 0 Å². The number of esters is 1. The summed E-state index contributed by atoms with van der Waals surface area (Å²) in [5.41, 5.74) is 4.97. The molecule has 31 heavy (non-hydrogen) atoms. The first kappa shape index (κ1) is 25.0. The molecule has 0 bridgehead atoms. The molecule has 2 aromatic carbocycles. The highest BCUT2D eigenvalue weighted by Gasteiger charge is 2.40. The average molecular weight is 485 g/mol. The standard InChI is InChI=1S/C25H27BrO3.C2H6/c1-24(2)16-25(3,4)29-23-20(15-26)12-19(13-21(23)24)11-8-17-6-9-18(10-7-17)14-22(27)28-5;1-2/h6-7,9-10,12-13H,14-16H2,1-5H3;1-2H3. The van der Waals surface area contributed by atoms with Crippen molar-refractivity contribution in [3.8, 4) is 17.6 Å². The molecule has 1 aliphatic heterocycles. The number of ether oxygens (including phenoxy) is 2. The van der Waals surface area contributed by atoms with Gasteiger partial charge in [0.25, 0.3) is 0 Å². The minimum Gasteiger partial charge on any atom is -0.487 e. The molecule has 0 saturated carbocycles. The topological polar surface area (TPSA) is 35.5 Å². The highest BCUT2D eigenvalue weighted by Crippen LogP contribution is 2.47. The van der Waals surface area contributed by atoms with Crippen LogP contribution in [0.5, 0.6) is 5.75 Å². The van der Waals surface area contributed by atoms with Crippen molar-refractivity contribution >= 4 is 21.9 Å². The summed E-state index contributed by atoms with van der Waals surface area (Å²) in [6, 6.07) is 12.0. The molecule has 0 N–H and O–H groups in total. The van der Waals surface area contributed by atoms with Gasteiger partial charge in [-0.25, -0.2) is 0 Å². The molecule has 0 saturated heterocycles. The lowest BCUT2D eigenvalue weighted by Gasteiger charge is -2.43. The molecule has 0 fully saturated rings. The Labute approximate surface area is 195 Å². The second-order valence-electron chi connectivity index (χ2n) is 8.77. The monoisotopic (exact) mass is 484 g/mol. The van der Waals surface area contributed by atoms with E-state index in [0.29, 0.717) is 0 Å². The molecule has 0 atom stereocenters. The minimum absolute atomic E-state index is 0.0151. The van der Waals surface area contributed by atoms with E-state index < -0.39 is 0 Å². The fourth-order valence-corrected chi connectivity index (χ4v) is 4.46. The van der Waals surface area contributed by atoms with Crippen molar-refractivity contribution in [1.82, 2.24) is 0 Å². The fraction of sp³-hybridized carbons (Fsp3) is 0.444. The first-order chi connectivity index (χ1) is 14.6. The van der Waals surface area contributed by atoms with Crippen molar-refractivity contribution in [3.63, 3.8) is 0 Å². The second kappa shape index (κ2) is 10.4. The van der Waals surface area contributed by atoms with Crippen LogP contribution in [-0.2, 0) is 26.7 Å². The highest BCUT2D eigenvalue weighted by molar-refractivity contribution is 9.08. The van der Waals surface area contributed by atoms with Gasteiger partial charge in [0.2, 0.25) is 0 Å². The molecule has 0 amide bonds. The molecule has 2 aromatic rings. The summed E-state index contributed by atoms with van der Waals surface area (Å²) in [6.07, 6.45) is 1.22. The highest BCUT2D eigenvalue weighted by atomic mass is 79.9. The van der Waals surface area contributed by atoms with Crippen LogP contribution in [0.4, 0.5) is 0 Å². The number of hydrogen-bond donors (Lipinski definition) is 0. The van der Waals surface area contributed by atoms with E-state index in [1.807, 2.05) is 38.1 Å². The van der Waals surface area contributed by atoms with Crippen LogP contribution in [0.1, 0.15) is 75.8 Å². The van der Waals surface area contributed by atoms with Gasteiger partial charge in [0.15, 0.2) is 0 Å². The van der Waals surface area contributed by atoms with Crippen molar-refractivity contribution in [2.75, 3.05) is 7.11 Å². The summed E-state index contributed by atoms with van der Waals surface area (Å²) >= 11 is 3.61. The van der Waals surface area contributed by atoms with Gasteiger partial charge in [-0.05, 0) is 55.5 Å². The van der Waals surface area contributed by atoms with Crippen LogP contribution in [0.25, 0.3) is 0 Å². The Morgan fingerprint density at radius 1 is 1.06 bits per heavy atom. The first-order valence-electron chi connectivity index (χ1n) is 10.7. The smallest absolute Gasteiger partial charge is 0.309 e. The van der Waals surface area contributed by atoms with Crippen LogP contribution in [0.3, 0.4) is 0 Å². The summed E-state index contributed by atoms with van der Waals surface area (Å²) in [4.78, 5) is 11.4. The summed E-state index contributed by atoms with van der Waals surface area (Å²) in [6.45, 7) is 12.8. The maximum atomic E-state index is 11.4. The molecule has 3 nitrogen and oxygen atoms in total. The molecule has 1 aliphatic rings. The SMILES string of the molecule is CC.COC(=O)Cc1ccc(C#Cc2cc(CBr)c3c(c2)C(C)(C)CC(C)(C)O3)cc1. The predicted molar refractivity (Wildman–Crippen MR) is 131 cm³/mol. The Balaban J connectivity index is 0.00000166. The van der Waals surface area contributed by atoms with Gasteiger partial charge in [-0.1, -0.05) is 67.6 Å². The van der Waals surface area contributed by atoms with Gasteiger partial charge in [-0.3, -0.25) is 4.79 Å². The Kier molecular flexibility index (Phi) is 8.37. The number of benzene rings is 2. The van der Waals surface area contributed by atoms with E-state index in [0.717, 1.165) is 39.8 Å². The molecule has 0 aromatic heterocycles. The van der Waals surface area contributed by atoms with Crippen LogP contribution >= 0.6 is 15.9 Å². The first-order valence-corrected chi connectivity index (χ1v) is 11.9. The van der Waals surface area contributed by atoms with Crippen molar-refractivity contribution in [2.24, 2.45) is 0 Å². The van der Waals surface area contributed by atoms with Gasteiger partial charge >= 0.3 is 5.97 Å². The van der Waals surface area contributed by atoms with Crippen LogP contribution in [0.15, 0.2) is 36.4 Å². The van der Waals surface area contributed by atoms with Gasteiger partial charge < -0.3 is 9.47 Å². The zero-order valence-electron chi connectivity index (χ0n) is 19.7. The molecule has 0 unspecified atom stereocenters. The molecule has 0 radical (unpaired) electrons. The molecule has 3 rings (SSSR count). The Hall–Kier alpha value is -2.25. The Bertz CT molecular complexity index is 976. The average Bonchev–Trinajstić information content (AvgIpc) is 2.73. The van der Waals surface area contributed by atoms with Crippen LogP contribution in [0, 0.1) is 11.8 Å². The number of fused-ring (bicyclic) bond motifs is 1. The summed E-state index contributed by atoms with van der Waals surface area (Å²) < 4.78 is 11.0. The molecule has 0 aliphatic carbocycles. The van der Waals surface area contributed by atoms with E-state index in [1.54, 1.807) is 0 Å². The summed E-state index contributed by atoms with van der Waals surface area (Å²) in [5, 5.41) is 0.721. The minimum atomic E-state index is -0.242. The second-order valence-corrected chi connectivity index (χ2v) is 9.33. The van der Waals surface area contributed by atoms with Gasteiger partial charge in [0.05, 0.1) is 13.5 Å². The molecular weight excluding hydrogens is 452 g/mol. The lowest BCUT2D eigenvalue weighted by atomic mass is 9.73. The lowest BCUT2D eigenvalue weighted by molar-refractivity contribution is -0.139. The van der Waals surface area contributed by atoms with Gasteiger partial charge in [0.1, 0.15) is 11.4 Å². The molecule has 4 heteroatoms. The number of alkyl halides is 1. The number of halogens is 1. The molecule has 166 valence electrons. The van der Waals surface area contributed by atoms with Crippen molar-refractivity contribution < 1.29 is 14.3 Å². The van der Waals surface area contributed by atoms with Crippen molar-refractivity contribution in [1.29, 1.82) is 0 Å². The summed E-state index contributed by atoms with van der Waals surface area (Å²) in [5.74, 6) is 7.28. The number of methoxy groups -OCH3 is 1. The Morgan fingerprint density at radius 2 is 1.68 bits per heavy atom. The van der Waals surface area contributed by atoms with Crippen LogP contribution in [-0.4, -0.2) is 18.7 Å². The number of rotatable bonds is 3. The van der Waals surface area contributed by atoms with Gasteiger partial charge in [-0.2, -0.15) is 0 Å². The van der Waals surface area contributed by atoms with E-state index in [2.05, 4.69) is 67.6 Å². The molecule has 0 spiro atoms. The largest absolute Gasteiger partial charge is 0.487 e.